The van der Waals surface area contributed by atoms with Gasteiger partial charge in [-0.05, 0) is 44.0 Å². The molecule has 1 aromatic carbocycles. The highest BCUT2D eigenvalue weighted by Crippen LogP contribution is 2.30. The predicted molar refractivity (Wildman–Crippen MR) is 127 cm³/mol. The summed E-state index contributed by atoms with van der Waals surface area (Å²) in [6, 6.07) is 5.98. The molecule has 35 heavy (non-hydrogen) atoms. The van der Waals surface area contributed by atoms with Crippen molar-refractivity contribution in [3.63, 3.8) is 0 Å². The summed E-state index contributed by atoms with van der Waals surface area (Å²) in [6.45, 7) is 3.87. The molecular weight excluding hydrogens is 479 g/mol. The number of allylic oxidation sites excluding steroid dienone is 1. The van der Waals surface area contributed by atoms with Crippen molar-refractivity contribution < 1.29 is 32.2 Å². The molecule has 2 N–H and O–H groups in total. The van der Waals surface area contributed by atoms with E-state index in [0.717, 1.165) is 0 Å². The van der Waals surface area contributed by atoms with E-state index in [1.807, 2.05) is 0 Å². The van der Waals surface area contributed by atoms with Crippen molar-refractivity contribution in [3.05, 3.63) is 48.0 Å². The summed E-state index contributed by atoms with van der Waals surface area (Å²) >= 11 is 0. The Kier molecular flexibility index (Phi) is 6.84. The van der Waals surface area contributed by atoms with Gasteiger partial charge in [0.05, 0.1) is 18.0 Å². The second-order valence-electron chi connectivity index (χ2n) is 9.05. The van der Waals surface area contributed by atoms with Gasteiger partial charge in [0.2, 0.25) is 6.10 Å². The van der Waals surface area contributed by atoms with Gasteiger partial charge in [0.15, 0.2) is 5.82 Å². The van der Waals surface area contributed by atoms with Gasteiger partial charge in [0.25, 0.3) is 0 Å². The summed E-state index contributed by atoms with van der Waals surface area (Å²) in [5.74, 6) is -0.378. The first-order chi connectivity index (χ1) is 16.5. The summed E-state index contributed by atoms with van der Waals surface area (Å²) in [6.07, 6.45) is 1.98. The highest BCUT2D eigenvalue weighted by Gasteiger charge is 2.40. The number of cyclic esters (lactones) is 1. The molecule has 0 radical (unpaired) electrons. The lowest BCUT2D eigenvalue weighted by molar-refractivity contribution is -0.164. The third kappa shape index (κ3) is 5.99. The van der Waals surface area contributed by atoms with Gasteiger partial charge in [-0.15, -0.1) is 0 Å². The normalized spacial score (nSPS) is 22.5. The van der Waals surface area contributed by atoms with E-state index in [2.05, 4.69) is 10.5 Å². The quantitative estimate of drug-likeness (QED) is 0.516. The standard InChI is InChI=1S/C23H27FN4O6S/c1-23(2,8-9-26-20-5-10-32-27-20)34-21(29)19-14-28(22(30)33-19)16-3-4-17(18(24)13-16)15-6-11-35(25,31)12-7-15/h3-6,10,13,19,25H,7-9,11-12,14H2,1-2H3,(H,26,27)/t19-,35?/m1/s1. The molecule has 1 unspecified atom stereocenters. The zero-order valence-corrected chi connectivity index (χ0v) is 20.2. The van der Waals surface area contributed by atoms with Crippen LogP contribution in [0.1, 0.15) is 32.3 Å². The number of esters is 1. The molecule has 3 heterocycles. The maximum absolute atomic E-state index is 14.9. The van der Waals surface area contributed by atoms with Crippen LogP contribution < -0.4 is 10.2 Å². The number of hydrogen-bond donors (Lipinski definition) is 2. The molecule has 0 aliphatic carbocycles. The average Bonchev–Trinajstić information content (AvgIpc) is 3.43. The molecule has 0 bridgehead atoms. The summed E-state index contributed by atoms with van der Waals surface area (Å²) in [5.41, 5.74) is 0.444. The summed E-state index contributed by atoms with van der Waals surface area (Å²) < 4.78 is 49.9. The third-order valence-corrected chi connectivity index (χ3v) is 7.40. The Morgan fingerprint density at radius 1 is 1.40 bits per heavy atom. The second kappa shape index (κ2) is 9.68. The predicted octanol–water partition coefficient (Wildman–Crippen LogP) is 3.80. The molecule has 1 aromatic heterocycles. The zero-order chi connectivity index (χ0) is 25.2. The number of rotatable bonds is 8. The first kappa shape index (κ1) is 24.7. The van der Waals surface area contributed by atoms with E-state index in [1.54, 1.807) is 32.1 Å². The molecule has 2 atom stereocenters. The largest absolute Gasteiger partial charge is 0.457 e. The van der Waals surface area contributed by atoms with Crippen LogP contribution in [0.3, 0.4) is 0 Å². The lowest BCUT2D eigenvalue weighted by Gasteiger charge is -2.26. The number of benzene rings is 1. The van der Waals surface area contributed by atoms with Crippen molar-refractivity contribution in [3.8, 4) is 0 Å². The highest BCUT2D eigenvalue weighted by atomic mass is 32.2. The van der Waals surface area contributed by atoms with Crippen LogP contribution in [0.25, 0.3) is 5.57 Å². The van der Waals surface area contributed by atoms with Gasteiger partial charge in [0.1, 0.15) is 17.7 Å². The fourth-order valence-corrected chi connectivity index (χ4v) is 5.04. The number of amides is 1. The highest BCUT2D eigenvalue weighted by molar-refractivity contribution is 7.92. The monoisotopic (exact) mass is 506 g/mol. The van der Waals surface area contributed by atoms with Crippen molar-refractivity contribution in [1.82, 2.24) is 5.16 Å². The minimum absolute atomic E-state index is 0.0956. The maximum Gasteiger partial charge on any atom is 0.415 e. The number of ether oxygens (including phenoxy) is 2. The van der Waals surface area contributed by atoms with E-state index < -0.39 is 39.3 Å². The number of carbonyl (C=O) groups excluding carboxylic acids is 2. The number of anilines is 2. The molecule has 0 spiro atoms. The van der Waals surface area contributed by atoms with Gasteiger partial charge < -0.3 is 19.3 Å². The van der Waals surface area contributed by atoms with Crippen LogP contribution in [0.15, 0.2) is 41.1 Å². The van der Waals surface area contributed by atoms with Crippen LogP contribution in [-0.4, -0.2) is 57.7 Å². The van der Waals surface area contributed by atoms with E-state index in [-0.39, 0.29) is 23.7 Å². The van der Waals surface area contributed by atoms with E-state index in [0.29, 0.717) is 36.3 Å². The Labute approximate surface area is 202 Å². The van der Waals surface area contributed by atoms with Crippen LogP contribution in [-0.2, 0) is 24.0 Å². The zero-order valence-electron chi connectivity index (χ0n) is 19.4. The number of aromatic nitrogens is 1. The van der Waals surface area contributed by atoms with Crippen molar-refractivity contribution in [1.29, 1.82) is 4.78 Å². The maximum atomic E-state index is 14.9. The number of carbonyl (C=O) groups is 2. The van der Waals surface area contributed by atoms with Crippen LogP contribution in [0.5, 0.6) is 0 Å². The van der Waals surface area contributed by atoms with Gasteiger partial charge in [-0.1, -0.05) is 11.2 Å². The van der Waals surface area contributed by atoms with Gasteiger partial charge >= 0.3 is 12.1 Å². The lowest BCUT2D eigenvalue weighted by atomic mass is 10.0. The first-order valence-electron chi connectivity index (χ1n) is 11.1. The van der Waals surface area contributed by atoms with Crippen LogP contribution in [0, 0.1) is 10.6 Å². The first-order valence-corrected chi connectivity index (χ1v) is 13.0. The smallest absolute Gasteiger partial charge is 0.415 e. The van der Waals surface area contributed by atoms with Crippen molar-refractivity contribution >= 4 is 38.9 Å². The van der Waals surface area contributed by atoms with Crippen LogP contribution in [0.4, 0.5) is 20.7 Å². The minimum atomic E-state index is -2.63. The molecular formula is C23H27FN4O6S. The Morgan fingerprint density at radius 2 is 2.20 bits per heavy atom. The number of nitrogens with zero attached hydrogens (tertiary/aromatic N) is 2. The SMILES string of the molecule is CC(C)(CCNc1ccon1)OC(=O)[C@H]1CN(c2ccc(C3=CCS(=N)(=O)CC3)c(F)c2)C(=O)O1. The molecule has 188 valence electrons. The van der Waals surface area contributed by atoms with Crippen LogP contribution >= 0.6 is 0 Å². The molecule has 2 aliphatic rings. The molecule has 4 rings (SSSR count). The van der Waals surface area contributed by atoms with Crippen LogP contribution in [0.2, 0.25) is 0 Å². The molecule has 12 heteroatoms. The van der Waals surface area contributed by atoms with Crippen molar-refractivity contribution in [2.24, 2.45) is 0 Å². The Morgan fingerprint density at radius 3 is 2.86 bits per heavy atom. The van der Waals surface area contributed by atoms with Gasteiger partial charge in [-0.25, -0.2) is 18.2 Å². The Balaban J connectivity index is 1.36. The summed E-state index contributed by atoms with van der Waals surface area (Å²) in [5, 5.41) is 6.79. The molecule has 1 amide bonds. The lowest BCUT2D eigenvalue weighted by Crippen LogP contribution is -2.37. The molecule has 0 saturated carbocycles. The fourth-order valence-electron chi connectivity index (χ4n) is 3.85. The van der Waals surface area contributed by atoms with Crippen molar-refractivity contribution in [2.75, 3.05) is 34.8 Å². The van der Waals surface area contributed by atoms with E-state index >= 15 is 0 Å². The van der Waals surface area contributed by atoms with E-state index in [9.17, 15) is 18.2 Å². The molecule has 1 saturated heterocycles. The topological polar surface area (TPSA) is 135 Å². The van der Waals surface area contributed by atoms with E-state index in [1.165, 1.54) is 23.3 Å². The van der Waals surface area contributed by atoms with E-state index in [4.69, 9.17) is 18.8 Å². The van der Waals surface area contributed by atoms with Gasteiger partial charge in [0, 0.05) is 40.1 Å². The fraction of sp³-hybridized carbons (Fsp3) is 0.435. The number of halogens is 1. The number of hydrogen-bond acceptors (Lipinski definition) is 9. The minimum Gasteiger partial charge on any atom is -0.457 e. The average molecular weight is 507 g/mol. The third-order valence-electron chi connectivity index (χ3n) is 5.83. The molecule has 2 aromatic rings. The van der Waals surface area contributed by atoms with Crippen molar-refractivity contribution in [2.45, 2.75) is 38.4 Å². The Bertz CT molecular complexity index is 1240. The van der Waals surface area contributed by atoms with Gasteiger partial charge in [-0.3, -0.25) is 9.68 Å². The second-order valence-corrected chi connectivity index (χ2v) is 11.4. The summed E-state index contributed by atoms with van der Waals surface area (Å²) in [7, 11) is -2.63. The molecule has 1 fully saturated rings. The Hall–Kier alpha value is -3.41. The molecule has 10 nitrogen and oxygen atoms in total. The number of nitrogens with one attached hydrogen (secondary N) is 2. The van der Waals surface area contributed by atoms with Gasteiger partial charge in [-0.2, -0.15) is 0 Å². The summed E-state index contributed by atoms with van der Waals surface area (Å²) in [4.78, 5) is 26.3. The molecule has 2 aliphatic heterocycles.